The molecule has 1 aliphatic heterocycles. The van der Waals surface area contributed by atoms with Gasteiger partial charge in [0.25, 0.3) is 0 Å². The summed E-state index contributed by atoms with van der Waals surface area (Å²) in [6.45, 7) is 2.29. The summed E-state index contributed by atoms with van der Waals surface area (Å²) in [6.07, 6.45) is 0.739. The third-order valence-corrected chi connectivity index (χ3v) is 4.82. The molecule has 3 aromatic rings. The Morgan fingerprint density at radius 3 is 2.70 bits per heavy atom. The standard InChI is InChI=1S/C18H16BrF2N5O/c1-10-15(22-16-14(21)7-12(20)9-25(10)16)17-23-18(19)24-26(17)8-11-3-5-13(27-2)6-4-11/h3-7,9,17H,8H2,1-2H3,(H,23,24). The monoisotopic (exact) mass is 435 g/mol. The van der Waals surface area contributed by atoms with Gasteiger partial charge in [0, 0.05) is 24.5 Å². The Hall–Kier alpha value is -2.52. The van der Waals surface area contributed by atoms with Gasteiger partial charge in [-0.1, -0.05) is 12.1 Å². The van der Waals surface area contributed by atoms with Gasteiger partial charge in [0.15, 0.2) is 22.4 Å². The van der Waals surface area contributed by atoms with Crippen LogP contribution in [0.3, 0.4) is 0 Å². The fourth-order valence-electron chi connectivity index (χ4n) is 3.10. The summed E-state index contributed by atoms with van der Waals surface area (Å²) in [5.74, 6) is -0.591. The van der Waals surface area contributed by atoms with Crippen molar-refractivity contribution in [2.24, 2.45) is 4.99 Å². The Morgan fingerprint density at radius 1 is 1.26 bits per heavy atom. The summed E-state index contributed by atoms with van der Waals surface area (Å²) in [5, 5.41) is 1.87. The molecule has 1 aliphatic rings. The molecular formula is C18H16BrF2N5O. The first kappa shape index (κ1) is 17.9. The van der Waals surface area contributed by atoms with Crippen molar-refractivity contribution in [3.8, 4) is 5.75 Å². The van der Waals surface area contributed by atoms with Crippen LogP contribution in [0.25, 0.3) is 5.65 Å². The lowest BCUT2D eigenvalue weighted by atomic mass is 10.2. The Morgan fingerprint density at radius 2 is 2.00 bits per heavy atom. The molecule has 3 heterocycles. The van der Waals surface area contributed by atoms with Crippen LogP contribution in [0.5, 0.6) is 5.75 Å². The summed E-state index contributed by atoms with van der Waals surface area (Å²) in [4.78, 5) is 8.89. The summed E-state index contributed by atoms with van der Waals surface area (Å²) < 4.78 is 34.8. The zero-order valence-electron chi connectivity index (χ0n) is 14.6. The van der Waals surface area contributed by atoms with Crippen molar-refractivity contribution in [2.45, 2.75) is 19.6 Å². The molecule has 6 nitrogen and oxygen atoms in total. The van der Waals surface area contributed by atoms with Crippen LogP contribution in [0.2, 0.25) is 0 Å². The number of amidine groups is 1. The third-order valence-electron chi connectivity index (χ3n) is 4.44. The van der Waals surface area contributed by atoms with Gasteiger partial charge in [0.2, 0.25) is 0 Å². The molecule has 0 radical (unpaired) electrons. The van der Waals surface area contributed by atoms with Crippen LogP contribution >= 0.6 is 15.9 Å². The average Bonchev–Trinajstić information content (AvgIpc) is 3.16. The summed E-state index contributed by atoms with van der Waals surface area (Å²) in [5.41, 5.74) is 5.41. The van der Waals surface area contributed by atoms with E-state index in [4.69, 9.17) is 4.74 Å². The van der Waals surface area contributed by atoms with E-state index in [0.717, 1.165) is 17.4 Å². The van der Waals surface area contributed by atoms with Gasteiger partial charge in [-0.2, -0.15) is 5.01 Å². The van der Waals surface area contributed by atoms with E-state index in [9.17, 15) is 8.78 Å². The predicted molar refractivity (Wildman–Crippen MR) is 101 cm³/mol. The molecule has 2 aromatic heterocycles. The van der Waals surface area contributed by atoms with E-state index in [0.29, 0.717) is 22.7 Å². The smallest absolute Gasteiger partial charge is 0.182 e. The van der Waals surface area contributed by atoms with Crippen molar-refractivity contribution >= 4 is 26.3 Å². The molecule has 4 rings (SSSR count). The second kappa shape index (κ2) is 6.90. The van der Waals surface area contributed by atoms with E-state index in [1.807, 2.05) is 29.3 Å². The van der Waals surface area contributed by atoms with Crippen LogP contribution in [-0.4, -0.2) is 26.2 Å². The van der Waals surface area contributed by atoms with Gasteiger partial charge in [-0.05, 0) is 40.5 Å². The highest BCUT2D eigenvalue weighted by molar-refractivity contribution is 9.18. The SMILES string of the molecule is COc1ccc(CN2NC(Br)=NC2c2nc3c(F)cc(F)cn3c2C)cc1. The minimum absolute atomic E-state index is 0.0755. The van der Waals surface area contributed by atoms with Crippen LogP contribution in [0.15, 0.2) is 41.5 Å². The molecule has 1 atom stereocenters. The van der Waals surface area contributed by atoms with Gasteiger partial charge in [0.1, 0.15) is 17.3 Å². The highest BCUT2D eigenvalue weighted by Gasteiger charge is 2.31. The first-order valence-corrected chi connectivity index (χ1v) is 8.98. The number of fused-ring (bicyclic) bond motifs is 1. The maximum Gasteiger partial charge on any atom is 0.182 e. The number of methoxy groups -OCH3 is 1. The predicted octanol–water partition coefficient (Wildman–Crippen LogP) is 3.70. The minimum Gasteiger partial charge on any atom is -0.497 e. The molecule has 0 spiro atoms. The van der Waals surface area contributed by atoms with Crippen LogP contribution in [0.1, 0.15) is 23.1 Å². The molecule has 0 fully saturated rings. The number of hydrazine groups is 1. The first-order chi connectivity index (χ1) is 13.0. The topological polar surface area (TPSA) is 54.2 Å². The summed E-state index contributed by atoms with van der Waals surface area (Å²) in [7, 11) is 1.62. The van der Waals surface area contributed by atoms with Gasteiger partial charge in [-0.25, -0.2) is 18.8 Å². The Balaban J connectivity index is 1.69. The number of hydrogen-bond acceptors (Lipinski definition) is 5. The number of nitrogens with one attached hydrogen (secondary N) is 1. The molecule has 0 saturated carbocycles. The second-order valence-electron chi connectivity index (χ2n) is 6.16. The number of aryl methyl sites for hydroxylation is 1. The highest BCUT2D eigenvalue weighted by Crippen LogP contribution is 2.30. The van der Waals surface area contributed by atoms with Crippen LogP contribution < -0.4 is 10.2 Å². The maximum absolute atomic E-state index is 14.1. The molecule has 1 unspecified atom stereocenters. The van der Waals surface area contributed by atoms with E-state index in [1.54, 1.807) is 14.0 Å². The molecular weight excluding hydrogens is 420 g/mol. The molecule has 1 aromatic carbocycles. The largest absolute Gasteiger partial charge is 0.497 e. The van der Waals surface area contributed by atoms with E-state index in [-0.39, 0.29) is 5.65 Å². The van der Waals surface area contributed by atoms with E-state index >= 15 is 0 Å². The van der Waals surface area contributed by atoms with Crippen molar-refractivity contribution < 1.29 is 13.5 Å². The first-order valence-electron chi connectivity index (χ1n) is 8.19. The number of benzene rings is 1. The third kappa shape index (κ3) is 3.28. The van der Waals surface area contributed by atoms with Gasteiger partial charge in [0.05, 0.1) is 7.11 Å². The number of aliphatic imine (C=N–C) groups is 1. The van der Waals surface area contributed by atoms with Crippen molar-refractivity contribution in [3.05, 3.63) is 65.1 Å². The molecule has 140 valence electrons. The summed E-state index contributed by atoms with van der Waals surface area (Å²) in [6, 6.07) is 8.49. The lowest BCUT2D eigenvalue weighted by Crippen LogP contribution is -2.35. The fraction of sp³-hybridized carbons (Fsp3) is 0.222. The zero-order chi connectivity index (χ0) is 19.1. The Labute approximate surface area is 162 Å². The number of nitrogens with zero attached hydrogens (tertiary/aromatic N) is 4. The fourth-order valence-corrected chi connectivity index (χ4v) is 3.52. The number of rotatable bonds is 4. The molecule has 0 amide bonds. The van der Waals surface area contributed by atoms with Gasteiger partial charge < -0.3 is 4.74 Å². The average molecular weight is 436 g/mol. The van der Waals surface area contributed by atoms with Crippen molar-refractivity contribution in [1.29, 1.82) is 0 Å². The lowest BCUT2D eigenvalue weighted by Gasteiger charge is -2.22. The minimum atomic E-state index is -0.708. The van der Waals surface area contributed by atoms with Crippen LogP contribution in [0.4, 0.5) is 8.78 Å². The van der Waals surface area contributed by atoms with Crippen LogP contribution in [-0.2, 0) is 6.54 Å². The lowest BCUT2D eigenvalue weighted by molar-refractivity contribution is 0.178. The number of halogens is 3. The van der Waals surface area contributed by atoms with Crippen molar-refractivity contribution in [2.75, 3.05) is 7.11 Å². The quantitative estimate of drug-likeness (QED) is 0.634. The maximum atomic E-state index is 14.1. The van der Waals surface area contributed by atoms with Gasteiger partial charge >= 0.3 is 0 Å². The molecule has 0 bridgehead atoms. The van der Waals surface area contributed by atoms with Crippen molar-refractivity contribution in [3.63, 3.8) is 0 Å². The van der Waals surface area contributed by atoms with Crippen molar-refractivity contribution in [1.82, 2.24) is 19.8 Å². The highest BCUT2D eigenvalue weighted by atomic mass is 79.9. The molecule has 27 heavy (non-hydrogen) atoms. The molecule has 9 heteroatoms. The van der Waals surface area contributed by atoms with E-state index in [1.165, 1.54) is 10.6 Å². The number of ether oxygens (including phenoxy) is 1. The number of aromatic nitrogens is 2. The zero-order valence-corrected chi connectivity index (χ0v) is 16.2. The van der Waals surface area contributed by atoms with E-state index in [2.05, 4.69) is 31.3 Å². The number of hydrogen-bond donors (Lipinski definition) is 1. The number of imidazole rings is 1. The normalized spacial score (nSPS) is 17.2. The molecule has 0 aliphatic carbocycles. The van der Waals surface area contributed by atoms with Crippen LogP contribution in [0, 0.1) is 18.6 Å². The molecule has 1 N–H and O–H groups in total. The Bertz CT molecular complexity index is 1030. The van der Waals surface area contributed by atoms with Gasteiger partial charge in [-0.3, -0.25) is 9.83 Å². The second-order valence-corrected chi connectivity index (χ2v) is 6.91. The molecule has 0 saturated heterocycles. The van der Waals surface area contributed by atoms with E-state index < -0.39 is 17.8 Å². The van der Waals surface area contributed by atoms with Gasteiger partial charge in [-0.15, -0.1) is 0 Å². The number of pyridine rings is 1. The summed E-state index contributed by atoms with van der Waals surface area (Å²) >= 11 is 3.36. The Kier molecular flexibility index (Phi) is 4.56.